The van der Waals surface area contributed by atoms with Crippen LogP contribution >= 0.6 is 0 Å². The number of hydrogen-bond acceptors (Lipinski definition) is 13. The van der Waals surface area contributed by atoms with Crippen molar-refractivity contribution >= 4 is 0 Å². The van der Waals surface area contributed by atoms with Crippen LogP contribution in [0, 0.1) is 45.3 Å². The Morgan fingerprint density at radius 3 is 2.05 bits per heavy atom. The van der Waals surface area contributed by atoms with Crippen LogP contribution in [-0.4, -0.2) is 139 Å². The fourth-order valence-electron chi connectivity index (χ4n) is 12.5. The van der Waals surface area contributed by atoms with E-state index in [0.717, 1.165) is 44.1 Å². The second-order valence-electron chi connectivity index (χ2n) is 19.5. The number of rotatable bonds is 10. The summed E-state index contributed by atoms with van der Waals surface area (Å²) in [5, 5.41) is 95.0. The smallest absolute Gasteiger partial charge is 0.187 e. The van der Waals surface area contributed by atoms with Crippen molar-refractivity contribution in [3.05, 3.63) is 23.3 Å². The molecule has 13 heteroatoms. The number of allylic oxidation sites excluding steroid dienone is 2. The zero-order valence-corrected chi connectivity index (χ0v) is 34.0. The maximum absolute atomic E-state index is 11.3. The molecule has 2 aliphatic heterocycles. The molecule has 0 unspecified atom stereocenters. The minimum absolute atomic E-state index is 0.0202. The molecule has 55 heavy (non-hydrogen) atoms. The third-order valence-electron chi connectivity index (χ3n) is 16.1. The molecule has 0 bridgehead atoms. The lowest BCUT2D eigenvalue weighted by molar-refractivity contribution is -0.340. The van der Waals surface area contributed by atoms with Gasteiger partial charge < -0.3 is 64.9 Å². The summed E-state index contributed by atoms with van der Waals surface area (Å²) in [5.74, 6) is 1.03. The van der Waals surface area contributed by atoms with E-state index < -0.39 is 92.2 Å². The molecule has 5 fully saturated rings. The molecule has 2 saturated heterocycles. The van der Waals surface area contributed by atoms with Gasteiger partial charge in [0, 0.05) is 5.41 Å². The Labute approximate surface area is 326 Å². The Morgan fingerprint density at radius 2 is 1.42 bits per heavy atom. The molecule has 20 atom stereocenters. The lowest BCUT2D eigenvalue weighted by Gasteiger charge is -2.66. The SMILES string of the molecule is CC(C)=C[C@H](O)[C@@H](O)[C@@H](C)[C@H]1CC[C@@]2(C)[C@@H]3CC=C4[C@@H](CC[C@H](O[C@@H]5O[C@H](CO[C@@H]6O[C@H](CO)[C@@H](O)[C@H](O)[C@H]6O)[C@@H](O)[C@H](O)[C@H]5O)C4(C)C)[C@]3(C)CC[C@]12C. The van der Waals surface area contributed by atoms with Crippen molar-refractivity contribution in [1.29, 1.82) is 0 Å². The summed E-state index contributed by atoms with van der Waals surface area (Å²) < 4.78 is 23.6. The molecule has 6 aliphatic rings. The van der Waals surface area contributed by atoms with Crippen molar-refractivity contribution in [3.8, 4) is 0 Å². The highest BCUT2D eigenvalue weighted by molar-refractivity contribution is 5.30. The number of fused-ring (bicyclic) bond motifs is 5. The quantitative estimate of drug-likeness (QED) is 0.145. The summed E-state index contributed by atoms with van der Waals surface area (Å²) in [4.78, 5) is 0. The second kappa shape index (κ2) is 15.9. The minimum atomic E-state index is -1.65. The van der Waals surface area contributed by atoms with Crippen LogP contribution < -0.4 is 0 Å². The van der Waals surface area contributed by atoms with Gasteiger partial charge in [0.2, 0.25) is 0 Å². The first-order valence-electron chi connectivity index (χ1n) is 20.6. The molecule has 316 valence electrons. The van der Waals surface area contributed by atoms with Crippen LogP contribution in [0.4, 0.5) is 0 Å². The van der Waals surface area contributed by atoms with Crippen LogP contribution in [0.25, 0.3) is 0 Å². The predicted molar refractivity (Wildman–Crippen MR) is 201 cm³/mol. The molecular formula is C42H70O13. The van der Waals surface area contributed by atoms with E-state index in [9.17, 15) is 46.0 Å². The van der Waals surface area contributed by atoms with Crippen LogP contribution in [0.15, 0.2) is 23.3 Å². The van der Waals surface area contributed by atoms with Crippen LogP contribution in [-0.2, 0) is 18.9 Å². The van der Waals surface area contributed by atoms with Crippen molar-refractivity contribution in [1.82, 2.24) is 0 Å². The summed E-state index contributed by atoms with van der Waals surface area (Å²) in [6.45, 7) is 16.7. The molecule has 0 aromatic carbocycles. The molecular weight excluding hydrogens is 712 g/mol. The van der Waals surface area contributed by atoms with Gasteiger partial charge in [0.15, 0.2) is 12.6 Å². The van der Waals surface area contributed by atoms with Crippen molar-refractivity contribution < 1.29 is 64.9 Å². The van der Waals surface area contributed by atoms with E-state index in [4.69, 9.17) is 18.9 Å². The van der Waals surface area contributed by atoms with Crippen molar-refractivity contribution in [2.24, 2.45) is 45.3 Å². The van der Waals surface area contributed by atoms with Gasteiger partial charge in [-0.15, -0.1) is 0 Å². The van der Waals surface area contributed by atoms with Crippen molar-refractivity contribution in [2.75, 3.05) is 13.2 Å². The molecule has 9 N–H and O–H groups in total. The predicted octanol–water partition coefficient (Wildman–Crippen LogP) is 1.93. The lowest BCUT2D eigenvalue weighted by atomic mass is 9.39. The average molecular weight is 783 g/mol. The van der Waals surface area contributed by atoms with E-state index in [-0.39, 0.29) is 28.3 Å². The van der Waals surface area contributed by atoms with Gasteiger partial charge in [0.05, 0.1) is 31.5 Å². The van der Waals surface area contributed by atoms with Gasteiger partial charge in [-0.2, -0.15) is 0 Å². The Bertz CT molecular complexity index is 1420. The normalized spacial score (nSPS) is 49.8. The van der Waals surface area contributed by atoms with Gasteiger partial charge in [0.25, 0.3) is 0 Å². The van der Waals surface area contributed by atoms with E-state index >= 15 is 0 Å². The lowest BCUT2D eigenvalue weighted by Crippen LogP contribution is -2.63. The largest absolute Gasteiger partial charge is 0.394 e. The monoisotopic (exact) mass is 782 g/mol. The Kier molecular flexibility index (Phi) is 12.6. The van der Waals surface area contributed by atoms with E-state index in [1.807, 2.05) is 13.8 Å². The zero-order chi connectivity index (χ0) is 40.6. The Hall–Kier alpha value is -1.04. The molecule has 6 rings (SSSR count). The van der Waals surface area contributed by atoms with Crippen molar-refractivity contribution in [3.63, 3.8) is 0 Å². The summed E-state index contributed by atoms with van der Waals surface area (Å²) >= 11 is 0. The van der Waals surface area contributed by atoms with Crippen LogP contribution in [0.5, 0.6) is 0 Å². The van der Waals surface area contributed by atoms with Gasteiger partial charge in [-0.1, -0.05) is 64.8 Å². The van der Waals surface area contributed by atoms with Crippen LogP contribution in [0.2, 0.25) is 0 Å². The number of aliphatic hydroxyl groups excluding tert-OH is 9. The van der Waals surface area contributed by atoms with E-state index in [1.54, 1.807) is 6.08 Å². The summed E-state index contributed by atoms with van der Waals surface area (Å²) in [6.07, 6.45) is -5.89. The Balaban J connectivity index is 1.15. The fraction of sp³-hybridized carbons (Fsp3) is 0.905. The van der Waals surface area contributed by atoms with Crippen LogP contribution in [0.3, 0.4) is 0 Å². The topological polar surface area (TPSA) is 219 Å². The fourth-order valence-corrected chi connectivity index (χ4v) is 12.5. The number of hydrogen-bond donors (Lipinski definition) is 9. The van der Waals surface area contributed by atoms with Crippen LogP contribution in [0.1, 0.15) is 100 Å². The Morgan fingerprint density at radius 1 is 0.800 bits per heavy atom. The maximum Gasteiger partial charge on any atom is 0.187 e. The summed E-state index contributed by atoms with van der Waals surface area (Å²) in [7, 11) is 0. The van der Waals surface area contributed by atoms with E-state index in [1.165, 1.54) is 5.57 Å². The molecule has 0 aromatic heterocycles. The molecule has 3 saturated carbocycles. The summed E-state index contributed by atoms with van der Waals surface area (Å²) in [5.41, 5.74) is 2.02. The van der Waals surface area contributed by atoms with Gasteiger partial charge in [-0.3, -0.25) is 0 Å². The highest BCUT2D eigenvalue weighted by Gasteiger charge is 2.68. The van der Waals surface area contributed by atoms with Gasteiger partial charge >= 0.3 is 0 Å². The van der Waals surface area contributed by atoms with Gasteiger partial charge in [0.1, 0.15) is 48.8 Å². The highest BCUT2D eigenvalue weighted by Crippen LogP contribution is 2.75. The summed E-state index contributed by atoms with van der Waals surface area (Å²) in [6, 6.07) is 0. The standard InChI is InChI=1S/C42H70O13/c1-20(2)17-25(44)30(45)21(3)22-13-14-42(8)28-11-9-23-24(40(28,6)15-16-41(22,42)7)10-12-29(39(23,4)5)55-38-36(51)34(49)32(47)27(54-38)19-52-37-35(50)33(48)31(46)26(18-43)53-37/h9,17,21-22,24-38,43-51H,10-16,18-19H2,1-8H3/t21-,22+,24+,25-,26+,27+,28+,29-,30-,31+,32+,33-,34-,35+,36+,37+,38-,40-,41+,42-/m0/s1. The van der Waals surface area contributed by atoms with Crippen molar-refractivity contribution in [2.45, 2.75) is 180 Å². The molecule has 2 heterocycles. The molecule has 13 nitrogen and oxygen atoms in total. The third-order valence-corrected chi connectivity index (χ3v) is 16.1. The zero-order valence-electron chi connectivity index (χ0n) is 34.0. The number of ether oxygens (including phenoxy) is 4. The molecule has 0 radical (unpaired) electrons. The third kappa shape index (κ3) is 7.23. The van der Waals surface area contributed by atoms with E-state index in [0.29, 0.717) is 24.2 Å². The molecule has 0 spiro atoms. The average Bonchev–Trinajstić information content (AvgIpc) is 3.41. The molecule has 0 amide bonds. The number of aliphatic hydroxyl groups is 9. The maximum atomic E-state index is 11.3. The first-order valence-corrected chi connectivity index (χ1v) is 20.6. The highest BCUT2D eigenvalue weighted by atomic mass is 16.7. The van der Waals surface area contributed by atoms with Gasteiger partial charge in [-0.05, 0) is 98.7 Å². The first-order chi connectivity index (χ1) is 25.6. The molecule has 0 aromatic rings. The minimum Gasteiger partial charge on any atom is -0.394 e. The first kappa shape index (κ1) is 43.5. The van der Waals surface area contributed by atoms with E-state index in [2.05, 4.69) is 47.6 Å². The van der Waals surface area contributed by atoms with Gasteiger partial charge in [-0.25, -0.2) is 0 Å². The second-order valence-corrected chi connectivity index (χ2v) is 19.5. The molecule has 4 aliphatic carbocycles.